The van der Waals surface area contributed by atoms with Crippen molar-refractivity contribution >= 4 is 0 Å². The molecule has 0 radical (unpaired) electrons. The van der Waals surface area contributed by atoms with Gasteiger partial charge in [-0.3, -0.25) is 4.84 Å². The van der Waals surface area contributed by atoms with E-state index in [1.165, 1.54) is 24.1 Å². The first-order chi connectivity index (χ1) is 8.93. The molecule has 1 fully saturated rings. The van der Waals surface area contributed by atoms with Crippen molar-refractivity contribution in [1.29, 1.82) is 0 Å². The van der Waals surface area contributed by atoms with Crippen molar-refractivity contribution in [1.82, 2.24) is 15.0 Å². The summed E-state index contributed by atoms with van der Waals surface area (Å²) in [5.74, 6) is 0. The topological polar surface area (TPSA) is 39.1 Å². The van der Waals surface area contributed by atoms with E-state index in [0.29, 0.717) is 19.2 Å². The lowest BCUT2D eigenvalue weighted by atomic mass is 10.2. The van der Waals surface area contributed by atoms with Gasteiger partial charge in [0.1, 0.15) is 0 Å². The summed E-state index contributed by atoms with van der Waals surface area (Å²) in [4.78, 5) is 9.64. The SMILES string of the molecule is c1ccc(CONCc2cncn2C2CC2)cc1. The number of nitrogens with one attached hydrogen (secondary N) is 1. The van der Waals surface area contributed by atoms with Crippen LogP contribution >= 0.6 is 0 Å². The predicted octanol–water partition coefficient (Wildman–Crippen LogP) is 2.44. The Kier molecular flexibility index (Phi) is 3.39. The summed E-state index contributed by atoms with van der Waals surface area (Å²) in [5, 5.41) is 0. The zero-order valence-corrected chi connectivity index (χ0v) is 10.2. The summed E-state index contributed by atoms with van der Waals surface area (Å²) >= 11 is 0. The third kappa shape index (κ3) is 2.78. The molecule has 1 heterocycles. The monoisotopic (exact) mass is 243 g/mol. The van der Waals surface area contributed by atoms with Gasteiger partial charge in [-0.1, -0.05) is 30.3 Å². The molecule has 3 rings (SSSR count). The normalized spacial score (nSPS) is 14.9. The van der Waals surface area contributed by atoms with Gasteiger partial charge in [-0.25, -0.2) is 4.98 Å². The number of nitrogens with zero attached hydrogens (tertiary/aromatic N) is 2. The van der Waals surface area contributed by atoms with E-state index in [9.17, 15) is 0 Å². The zero-order chi connectivity index (χ0) is 12.2. The second-order valence-electron chi connectivity index (χ2n) is 4.62. The highest BCUT2D eigenvalue weighted by atomic mass is 16.6. The van der Waals surface area contributed by atoms with Crippen molar-refractivity contribution in [2.75, 3.05) is 0 Å². The van der Waals surface area contributed by atoms with Crippen molar-refractivity contribution < 1.29 is 4.84 Å². The quantitative estimate of drug-likeness (QED) is 0.625. The Balaban J connectivity index is 1.45. The molecule has 1 N–H and O–H groups in total. The predicted molar refractivity (Wildman–Crippen MR) is 68.6 cm³/mol. The Hall–Kier alpha value is -1.65. The fourth-order valence-corrected chi connectivity index (χ4v) is 1.98. The van der Waals surface area contributed by atoms with E-state index in [0.717, 1.165) is 0 Å². The Labute approximate surface area is 107 Å². The van der Waals surface area contributed by atoms with Crippen LogP contribution in [0.2, 0.25) is 0 Å². The molecule has 0 aliphatic heterocycles. The van der Waals surface area contributed by atoms with Gasteiger partial charge in [0.2, 0.25) is 0 Å². The first-order valence-corrected chi connectivity index (χ1v) is 6.33. The number of hydrogen-bond acceptors (Lipinski definition) is 3. The lowest BCUT2D eigenvalue weighted by Gasteiger charge is -2.08. The Morgan fingerprint density at radius 3 is 2.89 bits per heavy atom. The molecule has 0 spiro atoms. The summed E-state index contributed by atoms with van der Waals surface area (Å²) in [6.45, 7) is 1.28. The fraction of sp³-hybridized carbons (Fsp3) is 0.357. The molecule has 0 atom stereocenters. The van der Waals surface area contributed by atoms with Gasteiger partial charge >= 0.3 is 0 Å². The molecule has 1 saturated carbocycles. The molecule has 0 unspecified atom stereocenters. The van der Waals surface area contributed by atoms with E-state index in [1.54, 1.807) is 0 Å². The van der Waals surface area contributed by atoms with Gasteiger partial charge < -0.3 is 4.57 Å². The third-order valence-electron chi connectivity index (χ3n) is 3.12. The Bertz CT molecular complexity index is 491. The van der Waals surface area contributed by atoms with Crippen molar-refractivity contribution in [3.63, 3.8) is 0 Å². The van der Waals surface area contributed by atoms with Gasteiger partial charge in [-0.15, -0.1) is 0 Å². The fourth-order valence-electron chi connectivity index (χ4n) is 1.98. The van der Waals surface area contributed by atoms with Gasteiger partial charge in [-0.05, 0) is 18.4 Å². The maximum Gasteiger partial charge on any atom is 0.0951 e. The lowest BCUT2D eigenvalue weighted by Crippen LogP contribution is -2.16. The number of aromatic nitrogens is 2. The highest BCUT2D eigenvalue weighted by molar-refractivity contribution is 5.13. The van der Waals surface area contributed by atoms with Crippen molar-refractivity contribution in [2.24, 2.45) is 0 Å². The maximum atomic E-state index is 5.46. The van der Waals surface area contributed by atoms with Crippen LogP contribution in [0.1, 0.15) is 30.1 Å². The molecule has 1 aliphatic carbocycles. The Morgan fingerprint density at radius 2 is 2.11 bits per heavy atom. The van der Waals surface area contributed by atoms with E-state index in [-0.39, 0.29) is 0 Å². The molecule has 94 valence electrons. The van der Waals surface area contributed by atoms with Gasteiger partial charge in [0.25, 0.3) is 0 Å². The van der Waals surface area contributed by atoms with Crippen LogP contribution in [0, 0.1) is 0 Å². The molecule has 4 heteroatoms. The number of hydroxylamine groups is 1. The van der Waals surface area contributed by atoms with Crippen LogP contribution in [-0.4, -0.2) is 9.55 Å². The molecular weight excluding hydrogens is 226 g/mol. The van der Waals surface area contributed by atoms with Gasteiger partial charge in [0.05, 0.1) is 25.2 Å². The summed E-state index contributed by atoms with van der Waals surface area (Å²) in [6, 6.07) is 10.8. The van der Waals surface area contributed by atoms with E-state index >= 15 is 0 Å². The smallest absolute Gasteiger partial charge is 0.0951 e. The average Bonchev–Trinajstić information content (AvgIpc) is 3.16. The molecule has 4 nitrogen and oxygen atoms in total. The molecule has 1 aromatic heterocycles. The van der Waals surface area contributed by atoms with Crippen LogP contribution in [-0.2, 0) is 18.0 Å². The molecule has 0 saturated heterocycles. The molecule has 18 heavy (non-hydrogen) atoms. The molecule has 2 aromatic rings. The van der Waals surface area contributed by atoms with E-state index in [1.807, 2.05) is 30.7 Å². The molecule has 1 aromatic carbocycles. The van der Waals surface area contributed by atoms with Crippen LogP contribution in [0.3, 0.4) is 0 Å². The van der Waals surface area contributed by atoms with E-state index in [4.69, 9.17) is 4.84 Å². The van der Waals surface area contributed by atoms with Gasteiger partial charge in [-0.2, -0.15) is 5.48 Å². The number of benzene rings is 1. The first kappa shape index (κ1) is 11.4. The molecule has 0 amide bonds. The van der Waals surface area contributed by atoms with Gasteiger partial charge in [0, 0.05) is 12.2 Å². The first-order valence-electron chi connectivity index (χ1n) is 6.33. The summed E-state index contributed by atoms with van der Waals surface area (Å²) in [6.07, 6.45) is 6.35. The second-order valence-corrected chi connectivity index (χ2v) is 4.62. The molecular formula is C14H17N3O. The summed E-state index contributed by atoms with van der Waals surface area (Å²) in [5.41, 5.74) is 5.35. The lowest BCUT2D eigenvalue weighted by molar-refractivity contribution is 0.0223. The summed E-state index contributed by atoms with van der Waals surface area (Å²) in [7, 11) is 0. The average molecular weight is 243 g/mol. The second kappa shape index (κ2) is 5.33. The third-order valence-corrected chi connectivity index (χ3v) is 3.12. The highest BCUT2D eigenvalue weighted by Crippen LogP contribution is 2.35. The minimum atomic E-state index is 0.582. The molecule has 0 bridgehead atoms. The van der Waals surface area contributed by atoms with E-state index < -0.39 is 0 Å². The van der Waals surface area contributed by atoms with Crippen molar-refractivity contribution in [2.45, 2.75) is 32.0 Å². The number of hydrogen-bond donors (Lipinski definition) is 1. The minimum absolute atomic E-state index is 0.582. The van der Waals surface area contributed by atoms with Crippen molar-refractivity contribution in [3.05, 3.63) is 54.1 Å². The van der Waals surface area contributed by atoms with E-state index in [2.05, 4.69) is 27.2 Å². The van der Waals surface area contributed by atoms with Crippen molar-refractivity contribution in [3.8, 4) is 0 Å². The number of rotatable bonds is 6. The van der Waals surface area contributed by atoms with Crippen LogP contribution in [0.5, 0.6) is 0 Å². The number of imidazole rings is 1. The highest BCUT2D eigenvalue weighted by Gasteiger charge is 2.24. The largest absolute Gasteiger partial charge is 0.330 e. The van der Waals surface area contributed by atoms with Crippen LogP contribution < -0.4 is 5.48 Å². The standard InChI is InChI=1S/C14H17N3O/c1-2-4-12(5-3-1)10-18-16-9-14-8-15-11-17(14)13-6-7-13/h1-5,8,11,13,16H,6-7,9-10H2. The summed E-state index contributed by atoms with van der Waals surface area (Å²) < 4.78 is 2.23. The van der Waals surface area contributed by atoms with Crippen LogP contribution in [0.25, 0.3) is 0 Å². The zero-order valence-electron chi connectivity index (χ0n) is 10.2. The molecule has 1 aliphatic rings. The Morgan fingerprint density at radius 1 is 1.28 bits per heavy atom. The van der Waals surface area contributed by atoms with Crippen LogP contribution in [0.4, 0.5) is 0 Å². The van der Waals surface area contributed by atoms with Gasteiger partial charge in [0.15, 0.2) is 0 Å². The maximum absolute atomic E-state index is 5.46. The van der Waals surface area contributed by atoms with Crippen LogP contribution in [0.15, 0.2) is 42.9 Å². The minimum Gasteiger partial charge on any atom is -0.330 e.